The number of carbonyl (C=O) groups excluding carboxylic acids is 2. The lowest BCUT2D eigenvalue weighted by Gasteiger charge is -2.08. The molecule has 1 unspecified atom stereocenters. The average molecular weight is 346 g/mol. The maximum atomic E-state index is 12.0. The summed E-state index contributed by atoms with van der Waals surface area (Å²) in [6.07, 6.45) is 0. The van der Waals surface area contributed by atoms with E-state index in [-0.39, 0.29) is 19.1 Å². The molecule has 0 bridgehead atoms. The number of rotatable bonds is 8. The van der Waals surface area contributed by atoms with Crippen molar-refractivity contribution in [2.75, 3.05) is 18.9 Å². The van der Waals surface area contributed by atoms with Crippen LogP contribution in [0.2, 0.25) is 0 Å². The Morgan fingerprint density at radius 3 is 2.54 bits per heavy atom. The maximum Gasteiger partial charge on any atom is 0.257 e. The molecular formula is C17H18N2O4S. The Labute approximate surface area is 142 Å². The van der Waals surface area contributed by atoms with Gasteiger partial charge in [-0.05, 0) is 30.3 Å². The molecule has 0 heterocycles. The van der Waals surface area contributed by atoms with Gasteiger partial charge in [-0.25, -0.2) is 0 Å². The molecule has 6 nitrogen and oxygen atoms in total. The number of ether oxygens (including phenoxy) is 1. The number of benzene rings is 2. The van der Waals surface area contributed by atoms with E-state index in [1.807, 2.05) is 18.2 Å². The smallest absolute Gasteiger partial charge is 0.257 e. The summed E-state index contributed by atoms with van der Waals surface area (Å²) < 4.78 is 17.3. The molecule has 0 saturated heterocycles. The van der Waals surface area contributed by atoms with Crippen molar-refractivity contribution >= 4 is 22.6 Å². The highest BCUT2D eigenvalue weighted by Crippen LogP contribution is 2.12. The van der Waals surface area contributed by atoms with E-state index in [0.717, 1.165) is 4.90 Å². The molecule has 0 aliphatic rings. The molecular weight excluding hydrogens is 328 g/mol. The van der Waals surface area contributed by atoms with Crippen LogP contribution >= 0.6 is 0 Å². The van der Waals surface area contributed by atoms with Gasteiger partial charge in [-0.1, -0.05) is 24.3 Å². The third-order valence-electron chi connectivity index (χ3n) is 3.10. The van der Waals surface area contributed by atoms with Crippen LogP contribution in [0.4, 0.5) is 0 Å². The standard InChI is InChI=1S/C17H18N2O4S/c18-17(21)13-5-4-6-14(11-13)23-12-16(20)19-9-10-24(22)15-7-2-1-3-8-15/h1-8,11H,9-10,12H2,(H2,18,21)(H,19,20). The number of nitrogens with two attached hydrogens (primary N) is 1. The van der Waals surface area contributed by atoms with Gasteiger partial charge in [0, 0.05) is 22.8 Å². The van der Waals surface area contributed by atoms with Crippen LogP contribution in [0.25, 0.3) is 0 Å². The van der Waals surface area contributed by atoms with Crippen molar-refractivity contribution in [1.29, 1.82) is 0 Å². The van der Waals surface area contributed by atoms with E-state index in [9.17, 15) is 13.8 Å². The first kappa shape index (κ1) is 17.7. The Morgan fingerprint density at radius 1 is 1.08 bits per heavy atom. The fraction of sp³-hybridized carbons (Fsp3) is 0.176. The minimum atomic E-state index is -1.16. The maximum absolute atomic E-state index is 12.0. The van der Waals surface area contributed by atoms with Crippen molar-refractivity contribution in [3.05, 3.63) is 60.2 Å². The van der Waals surface area contributed by atoms with Crippen LogP contribution in [0.15, 0.2) is 59.5 Å². The van der Waals surface area contributed by atoms with Gasteiger partial charge in [-0.3, -0.25) is 13.8 Å². The molecule has 0 spiro atoms. The van der Waals surface area contributed by atoms with E-state index in [4.69, 9.17) is 10.5 Å². The molecule has 126 valence electrons. The first-order chi connectivity index (χ1) is 11.6. The second kappa shape index (κ2) is 8.83. The van der Waals surface area contributed by atoms with Gasteiger partial charge in [-0.2, -0.15) is 0 Å². The average Bonchev–Trinajstić information content (AvgIpc) is 2.61. The van der Waals surface area contributed by atoms with E-state index >= 15 is 0 Å². The number of nitrogens with one attached hydrogen (secondary N) is 1. The second-order valence-electron chi connectivity index (χ2n) is 4.89. The van der Waals surface area contributed by atoms with Gasteiger partial charge in [0.1, 0.15) is 5.75 Å². The third-order valence-corrected chi connectivity index (χ3v) is 4.48. The summed E-state index contributed by atoms with van der Waals surface area (Å²) in [5.74, 6) is -0.181. The number of hydrogen-bond donors (Lipinski definition) is 2. The summed E-state index contributed by atoms with van der Waals surface area (Å²) in [4.78, 5) is 23.5. The normalized spacial score (nSPS) is 11.5. The van der Waals surface area contributed by atoms with Crippen molar-refractivity contribution in [2.24, 2.45) is 5.73 Å². The quantitative estimate of drug-likeness (QED) is 0.747. The summed E-state index contributed by atoms with van der Waals surface area (Å²) in [6.45, 7) is 0.0885. The van der Waals surface area contributed by atoms with Gasteiger partial charge in [0.25, 0.3) is 5.91 Å². The van der Waals surface area contributed by atoms with Crippen LogP contribution in [-0.2, 0) is 15.6 Å². The molecule has 7 heteroatoms. The van der Waals surface area contributed by atoms with Crippen LogP contribution in [0.3, 0.4) is 0 Å². The highest BCUT2D eigenvalue weighted by molar-refractivity contribution is 7.85. The lowest BCUT2D eigenvalue weighted by molar-refractivity contribution is -0.122. The molecule has 1 atom stereocenters. The van der Waals surface area contributed by atoms with Crippen LogP contribution in [-0.4, -0.2) is 34.9 Å². The minimum Gasteiger partial charge on any atom is -0.484 e. The van der Waals surface area contributed by atoms with Crippen LogP contribution < -0.4 is 15.8 Å². The van der Waals surface area contributed by atoms with Crippen LogP contribution in [0.1, 0.15) is 10.4 Å². The number of hydrogen-bond acceptors (Lipinski definition) is 4. The zero-order chi connectivity index (χ0) is 17.4. The van der Waals surface area contributed by atoms with E-state index in [0.29, 0.717) is 17.1 Å². The Hall–Kier alpha value is -2.67. The van der Waals surface area contributed by atoms with Gasteiger partial charge in [0.2, 0.25) is 5.91 Å². The van der Waals surface area contributed by atoms with Crippen molar-refractivity contribution in [2.45, 2.75) is 4.90 Å². The lowest BCUT2D eigenvalue weighted by Crippen LogP contribution is -2.32. The molecule has 2 aromatic carbocycles. The predicted octanol–water partition coefficient (Wildman–Crippen LogP) is 1.09. The summed E-state index contributed by atoms with van der Waals surface area (Å²) in [5.41, 5.74) is 5.49. The molecule has 3 N–H and O–H groups in total. The monoisotopic (exact) mass is 346 g/mol. The first-order valence-electron chi connectivity index (χ1n) is 7.29. The molecule has 0 saturated carbocycles. The number of carbonyl (C=O) groups is 2. The van der Waals surface area contributed by atoms with Crippen LogP contribution in [0, 0.1) is 0 Å². The van der Waals surface area contributed by atoms with Crippen molar-refractivity contribution < 1.29 is 18.5 Å². The molecule has 24 heavy (non-hydrogen) atoms. The molecule has 2 rings (SSSR count). The molecule has 0 radical (unpaired) electrons. The van der Waals surface area contributed by atoms with E-state index in [1.165, 1.54) is 6.07 Å². The second-order valence-corrected chi connectivity index (χ2v) is 6.46. The summed E-state index contributed by atoms with van der Waals surface area (Å²) in [5, 5.41) is 2.64. The third kappa shape index (κ3) is 5.51. The number of primary amides is 1. The van der Waals surface area contributed by atoms with Crippen molar-refractivity contribution in [3.63, 3.8) is 0 Å². The fourth-order valence-electron chi connectivity index (χ4n) is 1.91. The highest BCUT2D eigenvalue weighted by Gasteiger charge is 2.07. The fourth-order valence-corrected chi connectivity index (χ4v) is 2.90. The Bertz CT molecular complexity index is 734. The molecule has 0 fully saturated rings. The molecule has 0 aromatic heterocycles. The topological polar surface area (TPSA) is 98.5 Å². The van der Waals surface area contributed by atoms with E-state index in [2.05, 4.69) is 5.32 Å². The lowest BCUT2D eigenvalue weighted by atomic mass is 10.2. The SMILES string of the molecule is NC(=O)c1cccc(OCC(=O)NCCS(=O)c2ccccc2)c1. The zero-order valence-corrected chi connectivity index (χ0v) is 13.8. The first-order valence-corrected chi connectivity index (χ1v) is 8.61. The van der Waals surface area contributed by atoms with Gasteiger partial charge in [0.05, 0.1) is 10.8 Å². The van der Waals surface area contributed by atoms with Gasteiger partial charge in [0.15, 0.2) is 6.61 Å². The zero-order valence-electron chi connectivity index (χ0n) is 12.9. The largest absolute Gasteiger partial charge is 0.484 e. The summed E-state index contributed by atoms with van der Waals surface area (Å²) >= 11 is 0. The van der Waals surface area contributed by atoms with Crippen molar-refractivity contribution in [3.8, 4) is 5.75 Å². The van der Waals surface area contributed by atoms with Crippen LogP contribution in [0.5, 0.6) is 5.75 Å². The predicted molar refractivity (Wildman–Crippen MR) is 91.2 cm³/mol. The van der Waals surface area contributed by atoms with Gasteiger partial charge >= 0.3 is 0 Å². The molecule has 2 amide bonds. The van der Waals surface area contributed by atoms with Gasteiger partial charge < -0.3 is 15.8 Å². The summed E-state index contributed by atoms with van der Waals surface area (Å²) in [7, 11) is -1.16. The van der Waals surface area contributed by atoms with E-state index < -0.39 is 16.7 Å². The minimum absolute atomic E-state index is 0.194. The Morgan fingerprint density at radius 2 is 1.83 bits per heavy atom. The molecule has 2 aromatic rings. The highest BCUT2D eigenvalue weighted by atomic mass is 32.2. The Balaban J connectivity index is 1.73. The molecule has 0 aliphatic carbocycles. The van der Waals surface area contributed by atoms with Crippen molar-refractivity contribution in [1.82, 2.24) is 5.32 Å². The number of amides is 2. The Kier molecular flexibility index (Phi) is 6.51. The molecule has 0 aliphatic heterocycles. The van der Waals surface area contributed by atoms with E-state index in [1.54, 1.807) is 30.3 Å². The summed E-state index contributed by atoms with van der Waals surface area (Å²) in [6, 6.07) is 15.3. The van der Waals surface area contributed by atoms with Gasteiger partial charge in [-0.15, -0.1) is 0 Å².